The van der Waals surface area contributed by atoms with Crippen LogP contribution >= 0.6 is 23.1 Å². The number of thioether (sulfide) groups is 1. The highest BCUT2D eigenvalue weighted by Gasteiger charge is 2.27. The summed E-state index contributed by atoms with van der Waals surface area (Å²) >= 11 is 3.07. The lowest BCUT2D eigenvalue weighted by molar-refractivity contribution is -0.137. The fourth-order valence-electron chi connectivity index (χ4n) is 1.97. The van der Waals surface area contributed by atoms with E-state index in [1.54, 1.807) is 11.3 Å². The highest BCUT2D eigenvalue weighted by Crippen LogP contribution is 2.32. The molecular weight excluding hydrogens is 280 g/mol. The Morgan fingerprint density at radius 2 is 2.11 bits per heavy atom. The van der Waals surface area contributed by atoms with Gasteiger partial charge in [0.25, 0.3) is 0 Å². The molecule has 0 saturated heterocycles. The van der Waals surface area contributed by atoms with Gasteiger partial charge in [-0.1, -0.05) is 12.1 Å². The SMILES string of the molecule is Cc1ccc(C)c2sc(C3=NC(C(=O)O)CS3)nc12. The van der Waals surface area contributed by atoms with Crippen LogP contribution in [0.5, 0.6) is 0 Å². The smallest absolute Gasteiger partial charge is 0.329 e. The number of hydrogen-bond donors (Lipinski definition) is 1. The van der Waals surface area contributed by atoms with Crippen molar-refractivity contribution >= 4 is 44.3 Å². The summed E-state index contributed by atoms with van der Waals surface area (Å²) in [5.74, 6) is -0.366. The van der Waals surface area contributed by atoms with E-state index in [0.717, 1.165) is 25.8 Å². The van der Waals surface area contributed by atoms with Gasteiger partial charge in [-0.15, -0.1) is 23.1 Å². The van der Waals surface area contributed by atoms with E-state index in [-0.39, 0.29) is 0 Å². The number of hydrogen-bond acceptors (Lipinski definition) is 5. The quantitative estimate of drug-likeness (QED) is 0.924. The summed E-state index contributed by atoms with van der Waals surface area (Å²) < 4.78 is 1.16. The number of aryl methyl sites for hydroxylation is 2. The number of rotatable bonds is 2. The molecule has 2 aromatic rings. The molecule has 4 nitrogen and oxygen atoms in total. The lowest BCUT2D eigenvalue weighted by Crippen LogP contribution is -2.17. The number of aromatic nitrogens is 1. The highest BCUT2D eigenvalue weighted by atomic mass is 32.2. The number of aliphatic carboxylic acids is 1. The van der Waals surface area contributed by atoms with E-state index in [4.69, 9.17) is 5.11 Å². The fraction of sp³-hybridized carbons (Fsp3) is 0.308. The van der Waals surface area contributed by atoms with Crippen LogP contribution in [-0.2, 0) is 4.79 Å². The highest BCUT2D eigenvalue weighted by molar-refractivity contribution is 8.15. The summed E-state index contributed by atoms with van der Waals surface area (Å²) in [6, 6.07) is 3.52. The van der Waals surface area contributed by atoms with E-state index < -0.39 is 12.0 Å². The van der Waals surface area contributed by atoms with Crippen molar-refractivity contribution in [1.82, 2.24) is 4.98 Å². The van der Waals surface area contributed by atoms with Crippen molar-refractivity contribution in [2.45, 2.75) is 19.9 Å². The van der Waals surface area contributed by atoms with Gasteiger partial charge in [-0.05, 0) is 25.0 Å². The standard InChI is InChI=1S/C13H12N2O2S2/c1-6-3-4-7(2)10-9(6)15-12(19-10)11-14-8(5-18-11)13(16)17/h3-4,8H,5H2,1-2H3,(H,16,17). The van der Waals surface area contributed by atoms with E-state index in [1.807, 2.05) is 6.92 Å². The van der Waals surface area contributed by atoms with Crippen LogP contribution in [0.2, 0.25) is 0 Å². The molecule has 19 heavy (non-hydrogen) atoms. The monoisotopic (exact) mass is 292 g/mol. The van der Waals surface area contributed by atoms with Gasteiger partial charge in [0, 0.05) is 5.75 Å². The second kappa shape index (κ2) is 4.61. The van der Waals surface area contributed by atoms with Crippen molar-refractivity contribution in [3.05, 3.63) is 28.3 Å². The Morgan fingerprint density at radius 1 is 1.37 bits per heavy atom. The molecule has 98 valence electrons. The molecule has 0 aliphatic carbocycles. The number of fused-ring (bicyclic) bond motifs is 1. The molecular formula is C13H12N2O2S2. The van der Waals surface area contributed by atoms with Crippen LogP contribution in [0.4, 0.5) is 0 Å². The number of carboxylic acids is 1. The molecule has 1 unspecified atom stereocenters. The van der Waals surface area contributed by atoms with Crippen molar-refractivity contribution in [2.75, 3.05) is 5.75 Å². The largest absolute Gasteiger partial charge is 0.480 e. The minimum absolute atomic E-state index is 0.499. The van der Waals surface area contributed by atoms with Gasteiger partial charge < -0.3 is 5.11 Å². The summed E-state index contributed by atoms with van der Waals surface area (Å²) in [6.07, 6.45) is 0. The van der Waals surface area contributed by atoms with Gasteiger partial charge in [-0.3, -0.25) is 4.99 Å². The Balaban J connectivity index is 2.08. The maximum absolute atomic E-state index is 10.9. The van der Waals surface area contributed by atoms with Gasteiger partial charge in [0.2, 0.25) is 0 Å². The summed E-state index contributed by atoms with van der Waals surface area (Å²) in [5, 5.41) is 10.6. The maximum Gasteiger partial charge on any atom is 0.329 e. The number of thiazole rings is 1. The third-order valence-corrected chi connectivity index (χ3v) is 5.44. The lowest BCUT2D eigenvalue weighted by Gasteiger charge is -1.96. The zero-order valence-electron chi connectivity index (χ0n) is 10.5. The maximum atomic E-state index is 10.9. The van der Waals surface area contributed by atoms with Gasteiger partial charge in [-0.2, -0.15) is 0 Å². The van der Waals surface area contributed by atoms with Crippen LogP contribution in [0.1, 0.15) is 16.1 Å². The second-order valence-corrected chi connectivity index (χ2v) is 6.50. The Kier molecular flexibility index (Phi) is 3.06. The topological polar surface area (TPSA) is 62.5 Å². The fourth-order valence-corrected chi connectivity index (χ4v) is 4.18. The van der Waals surface area contributed by atoms with Crippen LogP contribution in [0, 0.1) is 13.8 Å². The Morgan fingerprint density at radius 3 is 2.74 bits per heavy atom. The molecule has 0 amide bonds. The van der Waals surface area contributed by atoms with Crippen LogP contribution < -0.4 is 0 Å². The van der Waals surface area contributed by atoms with Crippen LogP contribution in [0.25, 0.3) is 10.2 Å². The van der Waals surface area contributed by atoms with Crippen LogP contribution in [0.3, 0.4) is 0 Å². The summed E-state index contributed by atoms with van der Waals surface area (Å²) in [4.78, 5) is 19.8. The summed E-state index contributed by atoms with van der Waals surface area (Å²) in [6.45, 7) is 4.10. The first-order chi connectivity index (χ1) is 9.06. The minimum atomic E-state index is -0.865. The second-order valence-electron chi connectivity index (χ2n) is 4.50. The van der Waals surface area contributed by atoms with Crippen molar-refractivity contribution in [3.63, 3.8) is 0 Å². The number of aliphatic imine (C=N–C) groups is 1. The Labute approximate surface area is 118 Å². The Bertz CT molecular complexity index is 667. The summed E-state index contributed by atoms with van der Waals surface area (Å²) in [5.41, 5.74) is 3.34. The molecule has 0 radical (unpaired) electrons. The van der Waals surface area contributed by atoms with Crippen molar-refractivity contribution < 1.29 is 9.90 Å². The van der Waals surface area contributed by atoms with E-state index >= 15 is 0 Å². The third kappa shape index (κ3) is 2.15. The molecule has 3 rings (SSSR count). The number of benzene rings is 1. The van der Waals surface area contributed by atoms with Gasteiger partial charge in [0.05, 0.1) is 10.2 Å². The zero-order valence-corrected chi connectivity index (χ0v) is 12.1. The molecule has 1 aromatic heterocycles. The molecule has 0 bridgehead atoms. The predicted molar refractivity (Wildman–Crippen MR) is 79.5 cm³/mol. The first kappa shape index (κ1) is 12.6. The van der Waals surface area contributed by atoms with Crippen molar-refractivity contribution in [2.24, 2.45) is 4.99 Å². The van der Waals surface area contributed by atoms with Crippen molar-refractivity contribution in [3.8, 4) is 0 Å². The molecule has 1 aromatic carbocycles. The molecule has 1 atom stereocenters. The van der Waals surface area contributed by atoms with Gasteiger partial charge >= 0.3 is 5.97 Å². The number of carboxylic acid groups (broad SMARTS) is 1. The van der Waals surface area contributed by atoms with Crippen molar-refractivity contribution in [1.29, 1.82) is 0 Å². The average Bonchev–Trinajstić information content (AvgIpc) is 2.99. The molecule has 6 heteroatoms. The van der Waals surface area contributed by atoms with E-state index in [2.05, 4.69) is 29.0 Å². The first-order valence-corrected chi connectivity index (χ1v) is 7.67. The number of nitrogens with zero attached hydrogens (tertiary/aromatic N) is 2. The minimum Gasteiger partial charge on any atom is -0.480 e. The Hall–Kier alpha value is -1.40. The molecule has 1 N–H and O–H groups in total. The molecule has 0 fully saturated rings. The molecule has 1 aliphatic heterocycles. The summed E-state index contributed by atoms with van der Waals surface area (Å²) in [7, 11) is 0. The average molecular weight is 292 g/mol. The normalized spacial score (nSPS) is 18.8. The lowest BCUT2D eigenvalue weighted by atomic mass is 10.1. The number of carbonyl (C=O) groups is 1. The molecule has 1 aliphatic rings. The first-order valence-electron chi connectivity index (χ1n) is 5.87. The zero-order chi connectivity index (χ0) is 13.6. The van der Waals surface area contributed by atoms with Crippen LogP contribution in [-0.4, -0.2) is 32.9 Å². The molecule has 0 saturated carbocycles. The predicted octanol–water partition coefficient (Wildman–Crippen LogP) is 2.86. The van der Waals surface area contributed by atoms with E-state index in [0.29, 0.717) is 5.75 Å². The van der Waals surface area contributed by atoms with Gasteiger partial charge in [0.1, 0.15) is 10.1 Å². The molecule has 0 spiro atoms. The van der Waals surface area contributed by atoms with Crippen LogP contribution in [0.15, 0.2) is 17.1 Å². The van der Waals surface area contributed by atoms with E-state index in [1.165, 1.54) is 17.3 Å². The van der Waals surface area contributed by atoms with Gasteiger partial charge in [0.15, 0.2) is 6.04 Å². The molecule has 2 heterocycles. The third-order valence-electron chi connectivity index (χ3n) is 3.06. The van der Waals surface area contributed by atoms with E-state index in [9.17, 15) is 4.79 Å². The van der Waals surface area contributed by atoms with Gasteiger partial charge in [-0.25, -0.2) is 9.78 Å².